The Kier molecular flexibility index (Phi) is 35.5. The maximum absolute atomic E-state index is 14.3. The molecule has 0 radical (unpaired) electrons. The van der Waals surface area contributed by atoms with Gasteiger partial charge in [-0.15, -0.1) is 0 Å². The number of imide groups is 1. The first-order valence-electron chi connectivity index (χ1n) is 39.3. The average molecular weight is 1580 g/mol. The second-order valence-electron chi connectivity index (χ2n) is 28.9. The van der Waals surface area contributed by atoms with Crippen molar-refractivity contribution < 1.29 is 110 Å². The molecule has 5 aliphatic heterocycles. The number of likely N-dealkylation sites (tertiary alicyclic amines) is 1. The highest BCUT2D eigenvalue weighted by atomic mass is 16.6. The molecule has 5 N–H and O–H groups in total. The molecule has 113 heavy (non-hydrogen) atoms. The molecule has 5 heterocycles. The summed E-state index contributed by atoms with van der Waals surface area (Å²) in [5.41, 5.74) is 3.73. The van der Waals surface area contributed by atoms with Crippen molar-refractivity contribution in [3.63, 3.8) is 0 Å². The number of methoxy groups -OCH3 is 2. The number of hydrogen-bond donors (Lipinski definition) is 5. The third-order valence-corrected chi connectivity index (χ3v) is 20.1. The van der Waals surface area contributed by atoms with Crippen LogP contribution in [0.25, 0.3) is 0 Å². The van der Waals surface area contributed by atoms with Crippen LogP contribution in [0.3, 0.4) is 0 Å². The van der Waals surface area contributed by atoms with Gasteiger partial charge in [0, 0.05) is 75.2 Å². The summed E-state index contributed by atoms with van der Waals surface area (Å²) in [5, 5.41) is 23.0. The molecule has 3 aromatic rings. The molecular weight excluding hydrogens is 1470 g/mol. The number of aliphatic hydroxyl groups is 1. The monoisotopic (exact) mass is 1580 g/mol. The van der Waals surface area contributed by atoms with Crippen LogP contribution in [-0.2, 0) is 78.0 Å². The summed E-state index contributed by atoms with van der Waals surface area (Å²) >= 11 is 0. The molecule has 0 aromatic heterocycles. The predicted molar refractivity (Wildman–Crippen MR) is 414 cm³/mol. The van der Waals surface area contributed by atoms with Crippen molar-refractivity contribution in [3.8, 4) is 23.0 Å². The van der Waals surface area contributed by atoms with E-state index in [0.717, 1.165) is 41.7 Å². The van der Waals surface area contributed by atoms with E-state index in [2.05, 4.69) is 26.3 Å². The zero-order valence-electron chi connectivity index (χ0n) is 66.2. The highest BCUT2D eigenvalue weighted by Crippen LogP contribution is 2.43. The Balaban J connectivity index is 0.573. The van der Waals surface area contributed by atoms with Gasteiger partial charge in [-0.2, -0.15) is 0 Å². The number of rotatable bonds is 47. The Bertz CT molecular complexity index is 3770. The van der Waals surface area contributed by atoms with Crippen LogP contribution in [0.5, 0.6) is 23.0 Å². The molecule has 620 valence electrons. The fourth-order valence-corrected chi connectivity index (χ4v) is 14.0. The van der Waals surface area contributed by atoms with Gasteiger partial charge in [0.2, 0.25) is 35.4 Å². The predicted octanol–water partition coefficient (Wildman–Crippen LogP) is 7.33. The van der Waals surface area contributed by atoms with Gasteiger partial charge in [0.1, 0.15) is 18.7 Å². The normalized spacial score (nSPS) is 18.7. The Hall–Kier alpha value is -9.12. The third kappa shape index (κ3) is 26.2. The molecule has 0 spiro atoms. The van der Waals surface area contributed by atoms with Crippen LogP contribution >= 0.6 is 0 Å². The van der Waals surface area contributed by atoms with E-state index in [1.807, 2.05) is 20.0 Å². The van der Waals surface area contributed by atoms with E-state index < -0.39 is 54.1 Å². The number of carbonyl (C=O) groups excluding carboxylic acids is 9. The van der Waals surface area contributed by atoms with E-state index >= 15 is 0 Å². The molecule has 9 rings (SSSR count). The van der Waals surface area contributed by atoms with Crippen molar-refractivity contribution in [2.75, 3.05) is 156 Å². The Morgan fingerprint density at radius 3 is 1.71 bits per heavy atom. The Morgan fingerprint density at radius 2 is 1.12 bits per heavy atom. The zero-order chi connectivity index (χ0) is 80.6. The summed E-state index contributed by atoms with van der Waals surface area (Å²) in [7, 11) is 2.91. The van der Waals surface area contributed by atoms with Crippen LogP contribution in [-0.4, -0.2) is 256 Å². The number of anilines is 2. The smallest absolute Gasteiger partial charge is 0.416 e. The van der Waals surface area contributed by atoms with E-state index in [0.29, 0.717) is 139 Å². The summed E-state index contributed by atoms with van der Waals surface area (Å²) in [5.74, 6) is -1.84. The highest BCUT2D eigenvalue weighted by molar-refractivity contribution is 6.07. The molecule has 1 saturated carbocycles. The molecule has 1 aliphatic carbocycles. The lowest BCUT2D eigenvalue weighted by molar-refractivity contribution is -0.140. The van der Waals surface area contributed by atoms with Crippen LogP contribution in [0.1, 0.15) is 144 Å². The van der Waals surface area contributed by atoms with Gasteiger partial charge in [-0.1, -0.05) is 69.2 Å². The van der Waals surface area contributed by atoms with Crippen molar-refractivity contribution in [2.24, 2.45) is 22.7 Å². The minimum Gasteiger partial charge on any atom is -0.493 e. The van der Waals surface area contributed by atoms with E-state index in [4.69, 9.17) is 61.6 Å². The molecule has 2 fully saturated rings. The summed E-state index contributed by atoms with van der Waals surface area (Å²) in [6, 6.07) is 9.70. The third-order valence-electron chi connectivity index (χ3n) is 20.1. The maximum atomic E-state index is 14.3. The minimum atomic E-state index is -1.55. The molecule has 6 atom stereocenters. The van der Waals surface area contributed by atoms with Crippen LogP contribution in [0, 0.1) is 17.8 Å². The summed E-state index contributed by atoms with van der Waals surface area (Å²) < 4.78 is 73.9. The van der Waals surface area contributed by atoms with Crippen LogP contribution in [0.15, 0.2) is 77.1 Å². The zero-order valence-corrected chi connectivity index (χ0v) is 66.2. The van der Waals surface area contributed by atoms with Gasteiger partial charge in [0.05, 0.1) is 174 Å². The SMILES string of the molecule is COc1cc2c(cc1OCCCOc1cc3c(cc1OC)C(=O)N1C=C(C)C[C@H]1[C@H](O)N3C(=O)OCc1ccc(NC(=O)[C@H](C)NC(=O)[C@@H](NC(=O)CCOCCOCCOCCOCCOCCOCCOCCOCCNC(=O)CCN3C(=O)CC(C4CCCCCCC4)C3=O)C(C)C)cc1)N=CC1CC(C)=CN1C2=O. The summed E-state index contributed by atoms with van der Waals surface area (Å²) in [6.45, 7) is 14.8. The fourth-order valence-electron chi connectivity index (χ4n) is 14.0. The first-order valence-corrected chi connectivity index (χ1v) is 39.3. The van der Waals surface area contributed by atoms with E-state index in [9.17, 15) is 48.3 Å². The van der Waals surface area contributed by atoms with E-state index in [1.54, 1.807) is 67.6 Å². The van der Waals surface area contributed by atoms with Crippen LogP contribution in [0.4, 0.5) is 21.9 Å². The fraction of sp³-hybridized carbons (Fsp3) is 0.605. The van der Waals surface area contributed by atoms with Gasteiger partial charge in [-0.3, -0.25) is 48.2 Å². The number of aliphatic hydroxyl groups excluding tert-OH is 1. The van der Waals surface area contributed by atoms with Gasteiger partial charge < -0.3 is 97.8 Å². The van der Waals surface area contributed by atoms with Gasteiger partial charge in [-0.05, 0) is 88.1 Å². The quantitative estimate of drug-likeness (QED) is 0.0273. The molecule has 6 aliphatic rings. The van der Waals surface area contributed by atoms with Crippen molar-refractivity contribution in [1.82, 2.24) is 30.7 Å². The largest absolute Gasteiger partial charge is 0.493 e. The second-order valence-corrected chi connectivity index (χ2v) is 28.9. The molecule has 1 saturated heterocycles. The maximum Gasteiger partial charge on any atom is 0.416 e. The van der Waals surface area contributed by atoms with Gasteiger partial charge in [0.25, 0.3) is 11.8 Å². The number of fused-ring (bicyclic) bond motifs is 4. The van der Waals surface area contributed by atoms with Crippen molar-refractivity contribution >= 4 is 76.6 Å². The number of aliphatic imine (C=N–C) groups is 1. The number of nitrogens with zero attached hydrogens (tertiary/aromatic N) is 5. The number of carbonyl (C=O) groups is 9. The second kappa shape index (κ2) is 45.7. The molecule has 2 unspecified atom stereocenters. The van der Waals surface area contributed by atoms with Crippen LogP contribution in [0.2, 0.25) is 0 Å². The number of ether oxygens (including phenoxy) is 13. The van der Waals surface area contributed by atoms with E-state index in [-0.39, 0.29) is 142 Å². The van der Waals surface area contributed by atoms with Crippen molar-refractivity contribution in [3.05, 3.63) is 88.8 Å². The molecule has 3 aromatic carbocycles. The van der Waals surface area contributed by atoms with E-state index in [1.165, 1.54) is 62.3 Å². The minimum absolute atomic E-state index is 0.0158. The summed E-state index contributed by atoms with van der Waals surface area (Å²) in [4.78, 5) is 130. The first-order chi connectivity index (χ1) is 54.7. The molecule has 0 bridgehead atoms. The lowest BCUT2D eigenvalue weighted by atomic mass is 9.81. The average Bonchev–Trinajstić information content (AvgIpc) is 1.61. The topological polar surface area (TPSA) is 367 Å². The first kappa shape index (κ1) is 87.8. The number of hydrogen-bond acceptors (Lipinski definition) is 24. The lowest BCUT2D eigenvalue weighted by Gasteiger charge is -2.31. The van der Waals surface area contributed by atoms with Gasteiger partial charge >= 0.3 is 6.09 Å². The van der Waals surface area contributed by atoms with Crippen LogP contribution < -0.4 is 45.1 Å². The lowest BCUT2D eigenvalue weighted by Crippen LogP contribution is -2.53. The van der Waals surface area contributed by atoms with Gasteiger partial charge in [-0.25, -0.2) is 9.69 Å². The molecule has 32 heteroatoms. The van der Waals surface area contributed by atoms with Crippen molar-refractivity contribution in [2.45, 2.75) is 155 Å². The Morgan fingerprint density at radius 1 is 0.575 bits per heavy atom. The Labute approximate surface area is 660 Å². The number of benzene rings is 3. The number of amides is 9. The summed E-state index contributed by atoms with van der Waals surface area (Å²) in [6.07, 6.45) is 12.2. The molecule has 9 amide bonds. The van der Waals surface area contributed by atoms with Gasteiger partial charge in [0.15, 0.2) is 29.2 Å². The standard InChI is InChI=1S/C81H113N9O23/c1-53(2)74(86-72(92)21-26-103-28-30-105-32-34-107-36-38-109-40-41-110-39-37-108-35-33-106-31-29-104-27-22-82-71(91)20-23-87-73(93)46-61(77(87)96)58-14-11-9-8-10-12-15-58)76(95)84-56(5)75(94)85-59-18-16-57(17-19-59)52-113-81(100)90-65-48-70(68(102-7)45-63(65)79(98)89-51-55(4)43-66(89)80(90)99)112-25-13-24-111-69-47-64-62(44-67(69)101-6)78(97)88-50-54(3)42-60(88)49-83-64/h16-19,44-45,47-51,53,56,58,60-61,66,74,80,99H,8-15,20-43,46,52H2,1-7H3,(H,82,91)(H,84,95)(H,85,94)(H,86,92)/t56-,60?,61?,66-,74-,80-/m0/s1. The highest BCUT2D eigenvalue weighted by Gasteiger charge is 2.46. The molecule has 32 nitrogen and oxygen atoms in total. The molecular formula is C81H113N9O23. The number of nitrogens with one attached hydrogen (secondary N) is 4. The van der Waals surface area contributed by atoms with Crippen molar-refractivity contribution in [1.29, 1.82) is 0 Å².